The van der Waals surface area contributed by atoms with Crippen molar-refractivity contribution in [3.63, 3.8) is 0 Å². The molecule has 0 amide bonds. The van der Waals surface area contributed by atoms with Crippen molar-refractivity contribution in [3.05, 3.63) is 81.9 Å². The number of benzene rings is 2. The number of H-pyrrole nitrogens is 1. The molecule has 0 saturated carbocycles. The first-order valence-corrected chi connectivity index (χ1v) is 8.37. The van der Waals surface area contributed by atoms with Crippen LogP contribution in [0.25, 0.3) is 11.3 Å². The minimum Gasteiger partial charge on any atom is -0.301 e. The fourth-order valence-electron chi connectivity index (χ4n) is 2.42. The van der Waals surface area contributed by atoms with E-state index in [1.165, 1.54) is 23.9 Å². The van der Waals surface area contributed by atoms with E-state index in [2.05, 4.69) is 9.97 Å². The summed E-state index contributed by atoms with van der Waals surface area (Å²) < 4.78 is 13.4. The number of thioether (sulfide) groups is 1. The van der Waals surface area contributed by atoms with E-state index in [4.69, 9.17) is 0 Å². The molecule has 3 rings (SSSR count). The summed E-state index contributed by atoms with van der Waals surface area (Å²) in [7, 11) is 0. The molecule has 0 radical (unpaired) electrons. The molecule has 0 saturated heterocycles. The lowest BCUT2D eigenvalue weighted by molar-refractivity contribution is 0.626. The van der Waals surface area contributed by atoms with Crippen molar-refractivity contribution in [2.75, 3.05) is 6.26 Å². The lowest BCUT2D eigenvalue weighted by atomic mass is 10.0. The maximum Gasteiger partial charge on any atom is 0.255 e. The van der Waals surface area contributed by atoms with Gasteiger partial charge in [0, 0.05) is 17.5 Å². The molecule has 0 fully saturated rings. The van der Waals surface area contributed by atoms with E-state index >= 15 is 0 Å². The largest absolute Gasteiger partial charge is 0.301 e. The molecule has 3 nitrogen and oxygen atoms in total. The Kier molecular flexibility index (Phi) is 4.57. The summed E-state index contributed by atoms with van der Waals surface area (Å²) in [6, 6.07) is 15.8. The molecular weight excluding hydrogens is 311 g/mol. The summed E-state index contributed by atoms with van der Waals surface area (Å²) in [5, 5.41) is 0.567. The molecule has 0 atom stereocenters. The molecule has 0 spiro atoms. The predicted molar refractivity (Wildman–Crippen MR) is 91.3 cm³/mol. The zero-order chi connectivity index (χ0) is 16.2. The summed E-state index contributed by atoms with van der Waals surface area (Å²) in [4.78, 5) is 19.8. The normalized spacial score (nSPS) is 10.7. The minimum absolute atomic E-state index is 0.188. The van der Waals surface area contributed by atoms with Crippen molar-refractivity contribution in [1.29, 1.82) is 0 Å². The Labute approximate surface area is 137 Å². The smallest absolute Gasteiger partial charge is 0.255 e. The predicted octanol–water partition coefficient (Wildman–Crippen LogP) is 3.89. The highest BCUT2D eigenvalue weighted by Crippen LogP contribution is 2.23. The molecule has 5 heteroatoms. The number of aromatic amines is 1. The average molecular weight is 326 g/mol. The van der Waals surface area contributed by atoms with Gasteiger partial charge in [0.2, 0.25) is 0 Å². The highest BCUT2D eigenvalue weighted by molar-refractivity contribution is 7.98. The molecule has 23 heavy (non-hydrogen) atoms. The van der Waals surface area contributed by atoms with E-state index in [-0.39, 0.29) is 11.4 Å². The van der Waals surface area contributed by atoms with Gasteiger partial charge in [-0.25, -0.2) is 9.37 Å². The Morgan fingerprint density at radius 2 is 1.91 bits per heavy atom. The first-order chi connectivity index (χ1) is 11.2. The summed E-state index contributed by atoms with van der Waals surface area (Å²) >= 11 is 1.38. The van der Waals surface area contributed by atoms with Crippen LogP contribution in [0.1, 0.15) is 11.1 Å². The monoisotopic (exact) mass is 326 g/mol. The molecule has 1 aromatic heterocycles. The first-order valence-electron chi connectivity index (χ1n) is 7.14. The fourth-order valence-corrected chi connectivity index (χ4v) is 2.80. The lowest BCUT2D eigenvalue weighted by Gasteiger charge is -2.10. The highest BCUT2D eigenvalue weighted by Gasteiger charge is 2.14. The second-order valence-corrected chi connectivity index (χ2v) is 5.87. The average Bonchev–Trinajstić information content (AvgIpc) is 2.57. The molecule has 0 aliphatic rings. The van der Waals surface area contributed by atoms with Crippen LogP contribution >= 0.6 is 11.8 Å². The van der Waals surface area contributed by atoms with Gasteiger partial charge in [0.25, 0.3) is 5.56 Å². The van der Waals surface area contributed by atoms with Gasteiger partial charge in [0.15, 0.2) is 5.16 Å². The zero-order valence-electron chi connectivity index (χ0n) is 12.5. The lowest BCUT2D eigenvalue weighted by Crippen LogP contribution is -2.17. The van der Waals surface area contributed by atoms with Crippen LogP contribution in [0.3, 0.4) is 0 Å². The van der Waals surface area contributed by atoms with Crippen molar-refractivity contribution in [1.82, 2.24) is 9.97 Å². The molecule has 0 bridgehead atoms. The van der Waals surface area contributed by atoms with E-state index < -0.39 is 0 Å². The number of nitrogens with zero attached hydrogens (tertiary/aromatic N) is 1. The number of hydrogen-bond donors (Lipinski definition) is 1. The van der Waals surface area contributed by atoms with Crippen LogP contribution in [-0.2, 0) is 6.42 Å². The Morgan fingerprint density at radius 3 is 2.61 bits per heavy atom. The van der Waals surface area contributed by atoms with Crippen LogP contribution in [0.2, 0.25) is 0 Å². The Balaban J connectivity index is 2.13. The van der Waals surface area contributed by atoms with Gasteiger partial charge >= 0.3 is 0 Å². The second-order valence-electron chi connectivity index (χ2n) is 5.08. The van der Waals surface area contributed by atoms with Crippen LogP contribution < -0.4 is 5.56 Å². The topological polar surface area (TPSA) is 45.8 Å². The zero-order valence-corrected chi connectivity index (χ0v) is 13.4. The van der Waals surface area contributed by atoms with Crippen LogP contribution in [0.4, 0.5) is 4.39 Å². The van der Waals surface area contributed by atoms with Gasteiger partial charge in [0.05, 0.1) is 5.69 Å². The number of halogens is 1. The van der Waals surface area contributed by atoms with Crippen LogP contribution in [-0.4, -0.2) is 16.2 Å². The molecule has 1 heterocycles. The maximum absolute atomic E-state index is 13.4. The van der Waals surface area contributed by atoms with Gasteiger partial charge in [-0.05, 0) is 24.0 Å². The number of hydrogen-bond acceptors (Lipinski definition) is 3. The third kappa shape index (κ3) is 3.51. The standard InChI is InChI=1S/C18H15FN2OS/c1-23-18-20-16(13-7-3-2-4-8-13)15(17(22)21-18)11-12-6-5-9-14(19)10-12/h2-10H,11H2,1H3,(H,20,21,22). The molecular formula is C18H15FN2OS. The van der Waals surface area contributed by atoms with E-state index in [0.717, 1.165) is 11.1 Å². The molecule has 116 valence electrons. The molecule has 2 aromatic carbocycles. The Bertz CT molecular complexity index is 878. The van der Waals surface area contributed by atoms with Crippen LogP contribution in [0.5, 0.6) is 0 Å². The molecule has 1 N–H and O–H groups in total. The van der Waals surface area contributed by atoms with Crippen molar-refractivity contribution < 1.29 is 4.39 Å². The minimum atomic E-state index is -0.311. The summed E-state index contributed by atoms with van der Waals surface area (Å²) in [5.41, 5.74) is 2.61. The number of aromatic nitrogens is 2. The van der Waals surface area contributed by atoms with Gasteiger partial charge in [0.1, 0.15) is 5.82 Å². The fraction of sp³-hybridized carbons (Fsp3) is 0.111. The quantitative estimate of drug-likeness (QED) is 0.584. The van der Waals surface area contributed by atoms with Crippen LogP contribution in [0, 0.1) is 5.82 Å². The number of nitrogens with one attached hydrogen (secondary N) is 1. The van der Waals surface area contributed by atoms with Crippen LogP contribution in [0.15, 0.2) is 64.5 Å². The molecule has 0 aliphatic carbocycles. The van der Waals surface area contributed by atoms with Gasteiger partial charge < -0.3 is 4.98 Å². The van der Waals surface area contributed by atoms with E-state index in [1.807, 2.05) is 36.6 Å². The molecule has 0 aliphatic heterocycles. The van der Waals surface area contributed by atoms with E-state index in [1.54, 1.807) is 12.1 Å². The maximum atomic E-state index is 13.4. The number of rotatable bonds is 4. The van der Waals surface area contributed by atoms with Gasteiger partial charge in [-0.15, -0.1) is 0 Å². The second kappa shape index (κ2) is 6.79. The summed E-state index contributed by atoms with van der Waals surface area (Å²) in [5.74, 6) is -0.311. The van der Waals surface area contributed by atoms with Gasteiger partial charge in [-0.3, -0.25) is 4.79 Å². The third-order valence-electron chi connectivity index (χ3n) is 3.50. The molecule has 3 aromatic rings. The van der Waals surface area contributed by atoms with Crippen molar-refractivity contribution in [2.45, 2.75) is 11.6 Å². The highest BCUT2D eigenvalue weighted by atomic mass is 32.2. The van der Waals surface area contributed by atoms with E-state index in [9.17, 15) is 9.18 Å². The van der Waals surface area contributed by atoms with Crippen molar-refractivity contribution >= 4 is 11.8 Å². The van der Waals surface area contributed by atoms with Crippen molar-refractivity contribution in [3.8, 4) is 11.3 Å². The SMILES string of the molecule is CSc1nc(-c2ccccc2)c(Cc2cccc(F)c2)c(=O)[nH]1. The van der Waals surface area contributed by atoms with Crippen molar-refractivity contribution in [2.24, 2.45) is 0 Å². The summed E-state index contributed by atoms with van der Waals surface area (Å²) in [6.45, 7) is 0. The Hall–Kier alpha value is -2.40. The molecule has 0 unspecified atom stereocenters. The Morgan fingerprint density at radius 1 is 1.13 bits per heavy atom. The van der Waals surface area contributed by atoms with Gasteiger partial charge in [-0.2, -0.15) is 0 Å². The van der Waals surface area contributed by atoms with E-state index in [0.29, 0.717) is 22.8 Å². The van der Waals surface area contributed by atoms with Gasteiger partial charge in [-0.1, -0.05) is 54.2 Å². The third-order valence-corrected chi connectivity index (χ3v) is 4.08. The summed E-state index contributed by atoms with van der Waals surface area (Å²) in [6.07, 6.45) is 2.19. The first kappa shape index (κ1) is 15.5.